The van der Waals surface area contributed by atoms with Crippen LogP contribution in [0.4, 0.5) is 0 Å². The van der Waals surface area contributed by atoms with E-state index in [4.69, 9.17) is 0 Å². The van der Waals surface area contributed by atoms with E-state index in [1.165, 1.54) is 12.1 Å². The Kier molecular flexibility index (Phi) is 6.03. The summed E-state index contributed by atoms with van der Waals surface area (Å²) in [4.78, 5) is 0.283. The first-order valence-electron chi connectivity index (χ1n) is 7.95. The normalized spacial score (nSPS) is 15.6. The van der Waals surface area contributed by atoms with Crippen molar-refractivity contribution in [3.63, 3.8) is 0 Å². The molecular weight excluding hydrogens is 358 g/mol. The molecule has 0 radical (unpaired) electrons. The molecule has 0 aliphatic rings. The van der Waals surface area contributed by atoms with Crippen LogP contribution in [0.1, 0.15) is 19.4 Å². The van der Waals surface area contributed by atoms with Gasteiger partial charge in [-0.25, -0.2) is 4.21 Å². The molecule has 2 aromatic carbocycles. The zero-order valence-electron chi connectivity index (χ0n) is 14.5. The van der Waals surface area contributed by atoms with Crippen molar-refractivity contribution in [2.75, 3.05) is 5.75 Å². The molecule has 136 valence electrons. The van der Waals surface area contributed by atoms with E-state index in [1.54, 1.807) is 56.3 Å². The minimum Gasteiger partial charge on any atom is -0.392 e. The number of sulfonamides is 1. The molecule has 0 fully saturated rings. The van der Waals surface area contributed by atoms with Gasteiger partial charge in [-0.1, -0.05) is 49.7 Å². The Balaban J connectivity index is 2.60. The third-order valence-electron chi connectivity index (χ3n) is 3.82. The number of benzene rings is 2. The lowest BCUT2D eigenvalue weighted by Crippen LogP contribution is -2.26. The Morgan fingerprint density at radius 2 is 1.48 bits per heavy atom. The molecule has 2 atom stereocenters. The Bertz CT molecular complexity index is 927. The molecule has 1 N–H and O–H groups in total. The fraction of sp³-hybridized carbons (Fsp3) is 0.333. The lowest BCUT2D eigenvalue weighted by molar-refractivity contribution is 0.148. The lowest BCUT2D eigenvalue weighted by Gasteiger charge is -2.18. The largest absolute Gasteiger partial charge is 0.392 e. The van der Waals surface area contributed by atoms with Crippen LogP contribution < -0.4 is 0 Å². The first-order valence-corrected chi connectivity index (χ1v) is 11.1. The SMILES string of the molecule is Cc1ccc(S(=O)(=O)N=[S@@](=O)(C[C@H](O)C(C)C)c2ccccc2)cc1. The fourth-order valence-electron chi connectivity index (χ4n) is 2.14. The van der Waals surface area contributed by atoms with Gasteiger partial charge in [0.25, 0.3) is 10.0 Å². The highest BCUT2D eigenvalue weighted by molar-refractivity contribution is 8.03. The zero-order valence-corrected chi connectivity index (χ0v) is 16.1. The molecule has 0 unspecified atom stereocenters. The van der Waals surface area contributed by atoms with Crippen LogP contribution in [0.3, 0.4) is 0 Å². The smallest absolute Gasteiger partial charge is 0.290 e. The second-order valence-corrected chi connectivity index (χ2v) is 10.4. The number of rotatable bonds is 6. The second kappa shape index (κ2) is 7.68. The van der Waals surface area contributed by atoms with E-state index in [1.807, 2.05) is 6.92 Å². The van der Waals surface area contributed by atoms with Crippen molar-refractivity contribution in [3.05, 3.63) is 60.2 Å². The van der Waals surface area contributed by atoms with Crippen molar-refractivity contribution < 1.29 is 17.7 Å². The van der Waals surface area contributed by atoms with E-state index in [-0.39, 0.29) is 16.6 Å². The molecule has 25 heavy (non-hydrogen) atoms. The lowest BCUT2D eigenvalue weighted by atomic mass is 10.1. The van der Waals surface area contributed by atoms with Gasteiger partial charge in [0.05, 0.1) is 26.5 Å². The average molecular weight is 382 g/mol. The van der Waals surface area contributed by atoms with Gasteiger partial charge in [-0.05, 0) is 37.1 Å². The number of aryl methyl sites for hydroxylation is 1. The van der Waals surface area contributed by atoms with Crippen molar-refractivity contribution in [1.82, 2.24) is 0 Å². The van der Waals surface area contributed by atoms with E-state index < -0.39 is 25.9 Å². The summed E-state index contributed by atoms with van der Waals surface area (Å²) in [5.41, 5.74) is 0.915. The van der Waals surface area contributed by atoms with Crippen LogP contribution in [0.15, 0.2) is 68.2 Å². The Labute approximate surface area is 150 Å². The van der Waals surface area contributed by atoms with Crippen molar-refractivity contribution in [2.45, 2.75) is 36.7 Å². The van der Waals surface area contributed by atoms with Crippen LogP contribution in [0.2, 0.25) is 0 Å². The van der Waals surface area contributed by atoms with Gasteiger partial charge in [0.2, 0.25) is 0 Å². The molecule has 2 rings (SSSR count). The summed E-state index contributed by atoms with van der Waals surface area (Å²) in [5.74, 6) is -0.401. The van der Waals surface area contributed by atoms with E-state index in [0.717, 1.165) is 5.56 Å². The van der Waals surface area contributed by atoms with Gasteiger partial charge in [0.1, 0.15) is 0 Å². The van der Waals surface area contributed by atoms with Gasteiger partial charge < -0.3 is 5.11 Å². The Morgan fingerprint density at radius 3 is 2.00 bits per heavy atom. The zero-order chi connectivity index (χ0) is 18.7. The predicted molar refractivity (Wildman–Crippen MR) is 99.4 cm³/mol. The molecular formula is C18H23NO4S2. The Morgan fingerprint density at radius 1 is 0.920 bits per heavy atom. The van der Waals surface area contributed by atoms with Crippen molar-refractivity contribution in [3.8, 4) is 0 Å². The molecule has 0 saturated carbocycles. The number of hydrogen-bond acceptors (Lipinski definition) is 4. The highest BCUT2D eigenvalue weighted by atomic mass is 32.3. The molecule has 0 aliphatic heterocycles. The van der Waals surface area contributed by atoms with Gasteiger partial charge >= 0.3 is 0 Å². The summed E-state index contributed by atoms with van der Waals surface area (Å²) >= 11 is 0. The van der Waals surface area contributed by atoms with Crippen LogP contribution in [-0.2, 0) is 19.8 Å². The maximum absolute atomic E-state index is 13.5. The molecule has 0 heterocycles. The molecule has 0 spiro atoms. The average Bonchev–Trinajstić information content (AvgIpc) is 2.55. The topological polar surface area (TPSA) is 83.8 Å². The maximum Gasteiger partial charge on any atom is 0.290 e. The minimum absolute atomic E-state index is 0.0132. The molecule has 0 bridgehead atoms. The molecule has 5 nitrogen and oxygen atoms in total. The highest BCUT2D eigenvalue weighted by Gasteiger charge is 2.25. The molecule has 0 aromatic heterocycles. The molecule has 7 heteroatoms. The van der Waals surface area contributed by atoms with Crippen LogP contribution in [0.25, 0.3) is 0 Å². The van der Waals surface area contributed by atoms with E-state index in [0.29, 0.717) is 4.90 Å². The molecule has 0 aliphatic carbocycles. The van der Waals surface area contributed by atoms with Crippen molar-refractivity contribution in [1.29, 1.82) is 0 Å². The third kappa shape index (κ3) is 4.90. The standard InChI is InChI=1S/C18H23NO4S2/c1-14(2)18(20)13-24(21,16-7-5-4-6-8-16)19-25(22,23)17-11-9-15(3)10-12-17/h4-12,14,18,20H,13H2,1-3H3/t18-,24+/m0/s1. The third-order valence-corrected chi connectivity index (χ3v) is 8.23. The van der Waals surface area contributed by atoms with E-state index in [9.17, 15) is 17.7 Å². The molecule has 2 aromatic rings. The Hall–Kier alpha value is -1.70. The fourth-order valence-corrected chi connectivity index (χ4v) is 6.44. The van der Waals surface area contributed by atoms with Gasteiger partial charge in [-0.15, -0.1) is 3.77 Å². The number of aliphatic hydroxyl groups is 1. The van der Waals surface area contributed by atoms with Gasteiger partial charge in [0.15, 0.2) is 0 Å². The summed E-state index contributed by atoms with van der Waals surface area (Å²) < 4.78 is 42.5. The highest BCUT2D eigenvalue weighted by Crippen LogP contribution is 2.22. The van der Waals surface area contributed by atoms with Crippen LogP contribution in [0, 0.1) is 12.8 Å². The van der Waals surface area contributed by atoms with Crippen molar-refractivity contribution in [2.24, 2.45) is 9.69 Å². The first kappa shape index (κ1) is 19.6. The van der Waals surface area contributed by atoms with E-state index in [2.05, 4.69) is 3.77 Å². The monoisotopic (exact) mass is 381 g/mol. The maximum atomic E-state index is 13.5. The number of nitrogens with zero attached hydrogens (tertiary/aromatic N) is 1. The molecule has 0 saturated heterocycles. The van der Waals surface area contributed by atoms with Crippen LogP contribution in [0.5, 0.6) is 0 Å². The number of hydrogen-bond donors (Lipinski definition) is 1. The van der Waals surface area contributed by atoms with E-state index >= 15 is 0 Å². The van der Waals surface area contributed by atoms with Crippen LogP contribution >= 0.6 is 0 Å². The van der Waals surface area contributed by atoms with Gasteiger partial charge in [-0.3, -0.25) is 0 Å². The second-order valence-electron chi connectivity index (χ2n) is 6.29. The summed E-state index contributed by atoms with van der Waals surface area (Å²) in [5, 5.41) is 10.2. The van der Waals surface area contributed by atoms with Gasteiger partial charge in [0, 0.05) is 4.90 Å². The summed E-state index contributed by atoms with van der Waals surface area (Å²) in [6.45, 7) is 5.41. The summed E-state index contributed by atoms with van der Waals surface area (Å²) in [6.07, 6.45) is -0.926. The molecule has 0 amide bonds. The summed E-state index contributed by atoms with van der Waals surface area (Å²) in [7, 11) is -7.46. The predicted octanol–water partition coefficient (Wildman–Crippen LogP) is 3.23. The van der Waals surface area contributed by atoms with Gasteiger partial charge in [-0.2, -0.15) is 8.42 Å². The first-order chi connectivity index (χ1) is 11.6. The number of aliphatic hydroxyl groups excluding tert-OH is 1. The quantitative estimate of drug-likeness (QED) is 0.833. The summed E-state index contributed by atoms with van der Waals surface area (Å²) in [6, 6.07) is 14.4. The van der Waals surface area contributed by atoms with Crippen molar-refractivity contribution >= 4 is 19.8 Å². The minimum atomic E-state index is -4.12. The van der Waals surface area contributed by atoms with Crippen LogP contribution in [-0.4, -0.2) is 29.6 Å².